The highest BCUT2D eigenvalue weighted by atomic mass is 35.5. The van der Waals surface area contributed by atoms with Crippen LogP contribution < -0.4 is 10.1 Å². The van der Waals surface area contributed by atoms with Gasteiger partial charge < -0.3 is 15.2 Å². The monoisotopic (exact) mass is 501 g/mol. The van der Waals surface area contributed by atoms with Gasteiger partial charge in [-0.1, -0.05) is 35.9 Å². The normalized spacial score (nSPS) is 21.6. The molecule has 0 radical (unpaired) electrons. The zero-order valence-corrected chi connectivity index (χ0v) is 20.3. The number of halogens is 1. The van der Waals surface area contributed by atoms with E-state index in [9.17, 15) is 14.4 Å². The van der Waals surface area contributed by atoms with Gasteiger partial charge in [0.25, 0.3) is 5.91 Å². The number of carbonyl (C=O) groups is 3. The van der Waals surface area contributed by atoms with Crippen molar-refractivity contribution in [1.29, 1.82) is 0 Å². The molecule has 2 amide bonds. The average Bonchev–Trinajstić information content (AvgIpc) is 3.22. The third-order valence-electron chi connectivity index (χ3n) is 6.63. The summed E-state index contributed by atoms with van der Waals surface area (Å²) >= 11 is 7.54. The van der Waals surface area contributed by atoms with Crippen molar-refractivity contribution in [1.82, 2.24) is 5.32 Å². The number of hydrogen-bond donors (Lipinski definition) is 2. The smallest absolute Gasteiger partial charge is 0.481 e. The van der Waals surface area contributed by atoms with Crippen LogP contribution in [0.2, 0.25) is 5.02 Å². The molecule has 1 aliphatic rings. The zero-order chi connectivity index (χ0) is 24.3. The van der Waals surface area contributed by atoms with Crippen LogP contribution in [0.15, 0.2) is 53.9 Å². The summed E-state index contributed by atoms with van der Waals surface area (Å²) in [4.78, 5) is 37.8. The van der Waals surface area contributed by atoms with Gasteiger partial charge >= 0.3 is 12.1 Å². The molecule has 1 saturated heterocycles. The third kappa shape index (κ3) is 4.53. The van der Waals surface area contributed by atoms with Gasteiger partial charge in [-0.25, -0.2) is 4.48 Å². The fourth-order valence-corrected chi connectivity index (χ4v) is 5.37. The number of carbonyl (C=O) groups excluding carboxylic acids is 2. The molecule has 0 spiro atoms. The summed E-state index contributed by atoms with van der Waals surface area (Å²) in [6.07, 6.45) is 0.299. The Morgan fingerprint density at radius 1 is 1.18 bits per heavy atom. The second-order valence-electron chi connectivity index (χ2n) is 8.72. The predicted octanol–water partition coefficient (Wildman–Crippen LogP) is 5.21. The number of amides is 2. The number of likely N-dealkylation sites (tertiary alicyclic amines) is 1. The van der Waals surface area contributed by atoms with Crippen molar-refractivity contribution >= 4 is 51.0 Å². The number of quaternary nitrogens is 1. The first-order valence-corrected chi connectivity index (χ1v) is 12.3. The Labute approximate surface area is 206 Å². The van der Waals surface area contributed by atoms with Gasteiger partial charge in [-0.2, -0.15) is 4.79 Å². The molecule has 2 N–H and O–H groups in total. The molecule has 178 valence electrons. The molecule has 3 aromatic rings. The van der Waals surface area contributed by atoms with Crippen molar-refractivity contribution < 1.29 is 28.7 Å². The predicted molar refractivity (Wildman–Crippen MR) is 131 cm³/mol. The fraction of sp³-hybridized carbons (Fsp3) is 0.320. The van der Waals surface area contributed by atoms with Crippen LogP contribution in [-0.2, 0) is 16.1 Å². The Morgan fingerprint density at radius 2 is 1.91 bits per heavy atom. The minimum atomic E-state index is -1.05. The van der Waals surface area contributed by atoms with Gasteiger partial charge in [0, 0.05) is 45.9 Å². The summed E-state index contributed by atoms with van der Waals surface area (Å²) in [5, 5.41) is 14.9. The first-order valence-electron chi connectivity index (χ1n) is 11.1. The van der Waals surface area contributed by atoms with Gasteiger partial charge in [-0.15, -0.1) is 11.3 Å². The van der Waals surface area contributed by atoms with Gasteiger partial charge in [0.1, 0.15) is 6.54 Å². The zero-order valence-electron chi connectivity index (χ0n) is 18.8. The molecule has 1 fully saturated rings. The maximum atomic E-state index is 13.7. The van der Waals surface area contributed by atoms with E-state index in [1.54, 1.807) is 19.1 Å². The van der Waals surface area contributed by atoms with Crippen molar-refractivity contribution in [2.24, 2.45) is 0 Å². The van der Waals surface area contributed by atoms with Crippen LogP contribution >= 0.6 is 22.9 Å². The number of aliphatic carboxylic acids is 1. The molecule has 7 nitrogen and oxygen atoms in total. The number of carboxylic acid groups (broad SMARTS) is 1. The van der Waals surface area contributed by atoms with Crippen LogP contribution in [0, 0.1) is 0 Å². The molecule has 1 aromatic heterocycles. The lowest BCUT2D eigenvalue weighted by molar-refractivity contribution is -0.950. The van der Waals surface area contributed by atoms with Crippen molar-refractivity contribution in [2.75, 3.05) is 13.1 Å². The lowest BCUT2D eigenvalue weighted by Gasteiger charge is -2.54. The maximum absolute atomic E-state index is 13.7. The van der Waals surface area contributed by atoms with Gasteiger partial charge in [-0.05, 0) is 30.7 Å². The van der Waals surface area contributed by atoms with E-state index in [2.05, 4.69) is 5.32 Å². The molecule has 4 rings (SSSR count). The number of carboxylic acids is 1. The fourth-order valence-electron chi connectivity index (χ4n) is 4.38. The summed E-state index contributed by atoms with van der Waals surface area (Å²) in [6, 6.07) is 14.9. The minimum absolute atomic E-state index is 0.0327. The summed E-state index contributed by atoms with van der Waals surface area (Å²) in [7, 11) is 0. The van der Waals surface area contributed by atoms with E-state index in [1.807, 2.05) is 41.8 Å². The molecule has 2 unspecified atom stereocenters. The Hall–Kier alpha value is -2.94. The van der Waals surface area contributed by atoms with Crippen LogP contribution in [0.1, 0.15) is 31.7 Å². The Balaban J connectivity index is 1.61. The number of benzene rings is 2. The highest BCUT2D eigenvalue weighted by molar-refractivity contribution is 7.17. The van der Waals surface area contributed by atoms with Crippen LogP contribution in [0.25, 0.3) is 10.1 Å². The molecule has 34 heavy (non-hydrogen) atoms. The molecule has 2 atom stereocenters. The van der Waals surface area contributed by atoms with Crippen LogP contribution in [0.3, 0.4) is 0 Å². The van der Waals surface area contributed by atoms with Gasteiger partial charge in [0.05, 0.1) is 13.0 Å². The number of ether oxygens (including phenoxy) is 1. The van der Waals surface area contributed by atoms with Crippen molar-refractivity contribution in [3.63, 3.8) is 0 Å². The van der Waals surface area contributed by atoms with Crippen LogP contribution in [0.4, 0.5) is 4.79 Å². The molecular formula is C25H26ClN2O5S+. The summed E-state index contributed by atoms with van der Waals surface area (Å²) in [5.74, 6) is -0.718. The number of thiophene rings is 1. The first kappa shape index (κ1) is 24.2. The molecular weight excluding hydrogens is 476 g/mol. The van der Waals surface area contributed by atoms with Gasteiger partial charge in [0.2, 0.25) is 0 Å². The van der Waals surface area contributed by atoms with Crippen LogP contribution in [0.5, 0.6) is 5.75 Å². The molecule has 1 aliphatic heterocycles. The van der Waals surface area contributed by atoms with E-state index in [1.165, 1.54) is 11.3 Å². The van der Waals surface area contributed by atoms with E-state index >= 15 is 0 Å². The van der Waals surface area contributed by atoms with E-state index in [-0.39, 0.29) is 29.9 Å². The molecule has 2 heterocycles. The minimum Gasteiger partial charge on any atom is -0.481 e. The topological polar surface area (TPSA) is 92.7 Å². The van der Waals surface area contributed by atoms with E-state index in [0.717, 1.165) is 15.6 Å². The number of rotatable bonds is 8. The van der Waals surface area contributed by atoms with Crippen molar-refractivity contribution in [3.8, 4) is 5.75 Å². The van der Waals surface area contributed by atoms with Gasteiger partial charge in [-0.3, -0.25) is 9.59 Å². The number of nitrogens with one attached hydrogen (secondary N) is 1. The van der Waals surface area contributed by atoms with E-state index < -0.39 is 17.6 Å². The summed E-state index contributed by atoms with van der Waals surface area (Å²) < 4.78 is 6.75. The molecule has 0 aliphatic carbocycles. The van der Waals surface area contributed by atoms with Gasteiger partial charge in [0.15, 0.2) is 11.3 Å². The van der Waals surface area contributed by atoms with Crippen molar-refractivity contribution in [3.05, 3.63) is 64.5 Å². The van der Waals surface area contributed by atoms with E-state index in [4.69, 9.17) is 21.4 Å². The highest BCUT2D eigenvalue weighted by Gasteiger charge is 2.67. The number of fused-ring (bicyclic) bond motifs is 1. The lowest BCUT2D eigenvalue weighted by Crippen LogP contribution is -2.79. The van der Waals surface area contributed by atoms with Crippen molar-refractivity contribution in [2.45, 2.75) is 38.3 Å². The number of hydrogen-bond acceptors (Lipinski definition) is 5. The average molecular weight is 502 g/mol. The highest BCUT2D eigenvalue weighted by Crippen LogP contribution is 2.44. The quantitative estimate of drug-likeness (QED) is 0.326. The molecule has 2 aromatic carbocycles. The third-order valence-corrected chi connectivity index (χ3v) is 7.82. The molecule has 9 heteroatoms. The second kappa shape index (κ2) is 9.74. The lowest BCUT2D eigenvalue weighted by atomic mass is 9.81. The second-order valence-corrected chi connectivity index (χ2v) is 10.1. The Bertz CT molecular complexity index is 1230. The summed E-state index contributed by atoms with van der Waals surface area (Å²) in [5.41, 5.74) is -0.188. The standard InChI is InChI=1S/C25H25ClN2O5S/c1-25(23(31)27-13-4-7-22(29)30)12-14-28(25,15-17-8-10-18(26)11-9-17)24(32)33-20-16-34-21-6-3-2-5-19(20)21/h2-3,5-6,8-11,16H,4,7,12-15H2,1H3,(H-,27,29,30,31)/p+1. The Kier molecular flexibility index (Phi) is 6.93. The Morgan fingerprint density at radius 3 is 2.59 bits per heavy atom. The maximum Gasteiger partial charge on any atom is 0.522 e. The van der Waals surface area contributed by atoms with E-state index in [0.29, 0.717) is 30.2 Å². The summed E-state index contributed by atoms with van der Waals surface area (Å²) in [6.45, 7) is 2.72. The molecule has 0 saturated carbocycles. The number of nitrogens with zero attached hydrogens (tertiary/aromatic N) is 1. The van der Waals surface area contributed by atoms with Crippen LogP contribution in [-0.4, -0.2) is 46.2 Å². The molecule has 0 bridgehead atoms. The first-order chi connectivity index (χ1) is 16.2. The SMILES string of the molecule is CC1(C(=O)NCCCC(=O)O)CC[N+]1(Cc1ccc(Cl)cc1)C(=O)Oc1csc2ccccc12. The largest absolute Gasteiger partial charge is 0.522 e.